The van der Waals surface area contributed by atoms with Gasteiger partial charge < -0.3 is 10.1 Å². The zero-order valence-electron chi connectivity index (χ0n) is 6.92. The molecule has 4 heteroatoms. The van der Waals surface area contributed by atoms with E-state index in [-0.39, 0.29) is 18.9 Å². The molecule has 0 bridgehead atoms. The Bertz CT molecular complexity index is 205. The lowest BCUT2D eigenvalue weighted by Gasteiger charge is -2.00. The summed E-state index contributed by atoms with van der Waals surface area (Å²) in [5, 5.41) is 2.46. The maximum Gasteiger partial charge on any atom is 0.308 e. The minimum Gasteiger partial charge on any atom is -0.452 e. The first-order chi connectivity index (χ1) is 5.66. The Labute approximate surface area is 71.3 Å². The molecule has 0 radical (unpaired) electrons. The molecule has 12 heavy (non-hydrogen) atoms. The fourth-order valence-corrected chi connectivity index (χ4v) is 0.535. The summed E-state index contributed by atoms with van der Waals surface area (Å²) in [4.78, 5) is 21.1. The number of hydrogen-bond acceptors (Lipinski definition) is 3. The molecule has 1 N–H and O–H groups in total. The first kappa shape index (κ1) is 10.5. The maximum absolute atomic E-state index is 10.7. The molecule has 0 aromatic heterocycles. The minimum atomic E-state index is -0.401. The monoisotopic (exact) mass is 169 g/mol. The van der Waals surface area contributed by atoms with Crippen molar-refractivity contribution < 1.29 is 14.3 Å². The van der Waals surface area contributed by atoms with E-state index in [9.17, 15) is 9.59 Å². The van der Waals surface area contributed by atoms with E-state index < -0.39 is 5.97 Å². The van der Waals surface area contributed by atoms with E-state index in [1.807, 2.05) is 0 Å². The van der Waals surface area contributed by atoms with Crippen molar-refractivity contribution >= 4 is 11.9 Å². The van der Waals surface area contributed by atoms with Gasteiger partial charge in [-0.3, -0.25) is 9.59 Å². The molecule has 0 rings (SSSR count). The maximum atomic E-state index is 10.7. The van der Waals surface area contributed by atoms with Crippen LogP contribution in [-0.2, 0) is 14.3 Å². The van der Waals surface area contributed by atoms with E-state index in [2.05, 4.69) is 16.0 Å². The number of carbonyl (C=O) groups is 2. The zero-order valence-corrected chi connectivity index (χ0v) is 6.92. The summed E-state index contributed by atoms with van der Waals surface area (Å²) in [6, 6.07) is 0. The topological polar surface area (TPSA) is 55.4 Å². The Hall–Kier alpha value is -1.50. The van der Waals surface area contributed by atoms with E-state index in [1.54, 1.807) is 0 Å². The first-order valence-corrected chi connectivity index (χ1v) is 3.50. The first-order valence-electron chi connectivity index (χ1n) is 3.50. The van der Waals surface area contributed by atoms with Gasteiger partial charge in [0, 0.05) is 13.5 Å². The predicted octanol–water partition coefficient (Wildman–Crippen LogP) is -0.311. The molecule has 66 valence electrons. The Balaban J connectivity index is 3.33. The van der Waals surface area contributed by atoms with Crippen LogP contribution < -0.4 is 5.32 Å². The average Bonchev–Trinajstić information content (AvgIpc) is 2.00. The van der Waals surface area contributed by atoms with E-state index >= 15 is 0 Å². The van der Waals surface area contributed by atoms with Crippen LogP contribution in [0.1, 0.15) is 13.3 Å². The van der Waals surface area contributed by atoms with Crippen molar-refractivity contribution in [1.82, 2.24) is 5.32 Å². The lowest BCUT2D eigenvalue weighted by Crippen LogP contribution is -2.23. The lowest BCUT2D eigenvalue weighted by molar-refractivity contribution is -0.142. The molecular weight excluding hydrogens is 158 g/mol. The van der Waals surface area contributed by atoms with Crippen LogP contribution in [0.15, 0.2) is 0 Å². The van der Waals surface area contributed by atoms with Crippen LogP contribution in [0, 0.1) is 12.3 Å². The van der Waals surface area contributed by atoms with Crippen molar-refractivity contribution in [2.75, 3.05) is 13.2 Å². The summed E-state index contributed by atoms with van der Waals surface area (Å²) < 4.78 is 4.55. The highest BCUT2D eigenvalue weighted by Gasteiger charge is 2.00. The van der Waals surface area contributed by atoms with Crippen molar-refractivity contribution in [2.24, 2.45) is 0 Å². The number of terminal acetylenes is 1. The molecule has 4 nitrogen and oxygen atoms in total. The highest BCUT2D eigenvalue weighted by molar-refractivity contribution is 5.74. The minimum absolute atomic E-state index is 0.0150. The van der Waals surface area contributed by atoms with Gasteiger partial charge in [0.1, 0.15) is 0 Å². The Morgan fingerprint density at radius 2 is 2.25 bits per heavy atom. The van der Waals surface area contributed by atoms with Gasteiger partial charge in [-0.15, -0.1) is 6.42 Å². The number of esters is 1. The molecule has 1 amide bonds. The van der Waals surface area contributed by atoms with Gasteiger partial charge >= 0.3 is 5.97 Å². The normalized spacial score (nSPS) is 8.33. The number of hydrogen-bond donors (Lipinski definition) is 1. The van der Waals surface area contributed by atoms with Crippen LogP contribution in [0.2, 0.25) is 0 Å². The SMILES string of the molecule is C#CCOC(=O)CCNC(C)=O. The molecule has 0 aliphatic rings. The predicted molar refractivity (Wildman–Crippen MR) is 43.1 cm³/mol. The van der Waals surface area contributed by atoms with E-state index in [1.165, 1.54) is 6.92 Å². The van der Waals surface area contributed by atoms with Crippen LogP contribution in [0.25, 0.3) is 0 Å². The van der Waals surface area contributed by atoms with Crippen LogP contribution in [-0.4, -0.2) is 25.0 Å². The molecule has 0 saturated heterocycles. The molecule has 0 aromatic carbocycles. The molecule has 0 fully saturated rings. The van der Waals surface area contributed by atoms with Gasteiger partial charge in [-0.05, 0) is 0 Å². The van der Waals surface area contributed by atoms with Crippen LogP contribution in [0.4, 0.5) is 0 Å². The third kappa shape index (κ3) is 6.62. The van der Waals surface area contributed by atoms with Crippen LogP contribution in [0.5, 0.6) is 0 Å². The standard InChI is InChI=1S/C8H11NO3/c1-3-6-12-8(11)4-5-9-7(2)10/h1H,4-6H2,2H3,(H,9,10). The molecule has 0 aromatic rings. The summed E-state index contributed by atoms with van der Waals surface area (Å²) >= 11 is 0. The Morgan fingerprint density at radius 3 is 2.75 bits per heavy atom. The van der Waals surface area contributed by atoms with Gasteiger partial charge in [0.15, 0.2) is 6.61 Å². The van der Waals surface area contributed by atoms with E-state index in [0.717, 1.165) is 0 Å². The number of ether oxygens (including phenoxy) is 1. The van der Waals surface area contributed by atoms with Crippen molar-refractivity contribution in [3.63, 3.8) is 0 Å². The number of carbonyl (C=O) groups excluding carboxylic acids is 2. The summed E-state index contributed by atoms with van der Waals surface area (Å²) in [5.41, 5.74) is 0. The molecule has 0 unspecified atom stereocenters. The molecule has 0 spiro atoms. The van der Waals surface area contributed by atoms with Crippen molar-refractivity contribution in [1.29, 1.82) is 0 Å². The number of nitrogens with one attached hydrogen (secondary N) is 1. The third-order valence-electron chi connectivity index (χ3n) is 1.02. The van der Waals surface area contributed by atoms with Crippen molar-refractivity contribution in [3.8, 4) is 12.3 Å². The fraction of sp³-hybridized carbons (Fsp3) is 0.500. The second-order valence-corrected chi connectivity index (χ2v) is 2.10. The molecule has 0 aliphatic carbocycles. The Morgan fingerprint density at radius 1 is 1.58 bits per heavy atom. The van der Waals surface area contributed by atoms with Gasteiger partial charge in [0.2, 0.25) is 5.91 Å². The van der Waals surface area contributed by atoms with Gasteiger partial charge in [0.25, 0.3) is 0 Å². The number of amides is 1. The summed E-state index contributed by atoms with van der Waals surface area (Å²) in [6.45, 7) is 1.66. The van der Waals surface area contributed by atoms with Gasteiger partial charge in [-0.1, -0.05) is 5.92 Å². The highest BCUT2D eigenvalue weighted by Crippen LogP contribution is 1.83. The lowest BCUT2D eigenvalue weighted by atomic mass is 10.4. The summed E-state index contributed by atoms with van der Waals surface area (Å²) in [7, 11) is 0. The quantitative estimate of drug-likeness (QED) is 0.464. The fourth-order valence-electron chi connectivity index (χ4n) is 0.535. The average molecular weight is 169 g/mol. The molecule has 0 saturated carbocycles. The van der Waals surface area contributed by atoms with Gasteiger partial charge in [0.05, 0.1) is 6.42 Å². The van der Waals surface area contributed by atoms with Crippen molar-refractivity contribution in [2.45, 2.75) is 13.3 Å². The zero-order chi connectivity index (χ0) is 9.40. The second kappa shape index (κ2) is 6.23. The third-order valence-corrected chi connectivity index (χ3v) is 1.02. The second-order valence-electron chi connectivity index (χ2n) is 2.10. The van der Waals surface area contributed by atoms with Crippen LogP contribution in [0.3, 0.4) is 0 Å². The summed E-state index contributed by atoms with van der Waals surface area (Å²) in [5.74, 6) is 1.60. The molecule has 0 atom stereocenters. The van der Waals surface area contributed by atoms with Gasteiger partial charge in [-0.25, -0.2) is 0 Å². The van der Waals surface area contributed by atoms with E-state index in [4.69, 9.17) is 6.42 Å². The van der Waals surface area contributed by atoms with Crippen molar-refractivity contribution in [3.05, 3.63) is 0 Å². The molecule has 0 aliphatic heterocycles. The highest BCUT2D eigenvalue weighted by atomic mass is 16.5. The largest absolute Gasteiger partial charge is 0.452 e. The molecular formula is C8H11NO3. The van der Waals surface area contributed by atoms with Gasteiger partial charge in [-0.2, -0.15) is 0 Å². The summed E-state index contributed by atoms with van der Waals surface area (Å²) in [6.07, 6.45) is 5.01. The van der Waals surface area contributed by atoms with Crippen LogP contribution >= 0.6 is 0 Å². The number of rotatable bonds is 4. The molecule has 0 heterocycles. The smallest absolute Gasteiger partial charge is 0.308 e. The Kier molecular flexibility index (Phi) is 5.45. The van der Waals surface area contributed by atoms with E-state index in [0.29, 0.717) is 6.54 Å².